The molecule has 9 heteroatoms. The number of pyridine rings is 2. The predicted molar refractivity (Wildman–Crippen MR) is 145 cm³/mol. The second kappa shape index (κ2) is 9.15. The van der Waals surface area contributed by atoms with Gasteiger partial charge in [-0.3, -0.25) is 9.89 Å². The molecule has 4 heterocycles. The Kier molecular flexibility index (Phi) is 5.79. The van der Waals surface area contributed by atoms with E-state index in [9.17, 15) is 9.18 Å². The van der Waals surface area contributed by atoms with Crippen molar-refractivity contribution in [3.8, 4) is 17.0 Å². The molecule has 0 atom stereocenters. The highest BCUT2D eigenvalue weighted by atomic mass is 19.1. The SMILES string of the molecule is CCOc1cc(F)cc(-c2nc3n[nH]c(C)c3c3c2c(=O)n(CC)c2cc(N4CCNCC4)ccc32)c1. The number of benzene rings is 2. The fourth-order valence-electron chi connectivity index (χ4n) is 5.47. The highest BCUT2D eigenvalue weighted by Gasteiger charge is 2.23. The minimum absolute atomic E-state index is 0.158. The number of hydrogen-bond acceptors (Lipinski definition) is 6. The zero-order valence-electron chi connectivity index (χ0n) is 21.2. The number of aryl methyl sites for hydroxylation is 2. The molecule has 8 nitrogen and oxygen atoms in total. The molecule has 1 fully saturated rings. The van der Waals surface area contributed by atoms with Crippen LogP contribution in [0.1, 0.15) is 19.5 Å². The molecule has 2 N–H and O–H groups in total. The number of aromatic nitrogens is 4. The van der Waals surface area contributed by atoms with Crippen molar-refractivity contribution in [1.82, 2.24) is 25.1 Å². The van der Waals surface area contributed by atoms with Gasteiger partial charge in [0.1, 0.15) is 11.6 Å². The maximum absolute atomic E-state index is 14.7. The quantitative estimate of drug-likeness (QED) is 0.349. The Morgan fingerprint density at radius 1 is 1.05 bits per heavy atom. The number of piperazine rings is 1. The van der Waals surface area contributed by atoms with Crippen LogP contribution >= 0.6 is 0 Å². The second-order valence-corrected chi connectivity index (χ2v) is 9.35. The summed E-state index contributed by atoms with van der Waals surface area (Å²) < 4.78 is 22.0. The number of halogens is 1. The first-order valence-electron chi connectivity index (χ1n) is 12.7. The molecule has 37 heavy (non-hydrogen) atoms. The monoisotopic (exact) mass is 500 g/mol. The van der Waals surface area contributed by atoms with Crippen LogP contribution in [0.25, 0.3) is 44.0 Å². The van der Waals surface area contributed by atoms with Gasteiger partial charge in [-0.1, -0.05) is 6.07 Å². The van der Waals surface area contributed by atoms with E-state index in [2.05, 4.69) is 38.6 Å². The number of rotatable bonds is 5. The van der Waals surface area contributed by atoms with Gasteiger partial charge in [0.05, 0.1) is 28.6 Å². The minimum atomic E-state index is -0.452. The largest absolute Gasteiger partial charge is 0.494 e. The Morgan fingerprint density at radius 2 is 1.86 bits per heavy atom. The molecular formula is C28H29FN6O2. The molecule has 3 aromatic heterocycles. The first-order chi connectivity index (χ1) is 18.0. The lowest BCUT2D eigenvalue weighted by Crippen LogP contribution is -2.43. The molecule has 190 valence electrons. The van der Waals surface area contributed by atoms with E-state index in [1.165, 1.54) is 12.1 Å². The Balaban J connectivity index is 1.73. The normalized spacial score (nSPS) is 14.2. The first kappa shape index (κ1) is 23.4. The van der Waals surface area contributed by atoms with E-state index in [0.717, 1.165) is 59.2 Å². The standard InChI is InChI=1S/C28H29FN6O2/c1-4-35-22-15-19(34-10-8-30-9-11-34)6-7-21(22)24-23-16(3)32-33-27(23)31-26(25(24)28(35)36)17-12-18(29)14-20(13-17)37-5-2/h6-7,12-15,30H,4-5,8-11H2,1-3H3,(H,31,32,33). The molecule has 1 saturated heterocycles. The third-order valence-corrected chi connectivity index (χ3v) is 7.14. The smallest absolute Gasteiger partial charge is 0.261 e. The molecule has 1 aliphatic rings. The van der Waals surface area contributed by atoms with Crippen LogP contribution in [-0.4, -0.2) is 52.5 Å². The van der Waals surface area contributed by atoms with E-state index >= 15 is 0 Å². The van der Waals surface area contributed by atoms with Crippen LogP contribution in [0, 0.1) is 12.7 Å². The lowest BCUT2D eigenvalue weighted by molar-refractivity contribution is 0.338. The van der Waals surface area contributed by atoms with E-state index in [1.807, 2.05) is 20.8 Å². The molecule has 0 saturated carbocycles. The number of nitrogens with zero attached hydrogens (tertiary/aromatic N) is 4. The third-order valence-electron chi connectivity index (χ3n) is 7.14. The van der Waals surface area contributed by atoms with Gasteiger partial charge in [-0.2, -0.15) is 5.10 Å². The highest BCUT2D eigenvalue weighted by Crippen LogP contribution is 2.37. The van der Waals surface area contributed by atoms with Crippen LogP contribution in [0.3, 0.4) is 0 Å². The molecule has 2 aromatic carbocycles. The van der Waals surface area contributed by atoms with Crippen molar-refractivity contribution in [2.45, 2.75) is 27.3 Å². The van der Waals surface area contributed by atoms with Crippen molar-refractivity contribution in [3.05, 3.63) is 58.3 Å². The van der Waals surface area contributed by atoms with Gasteiger partial charge >= 0.3 is 0 Å². The van der Waals surface area contributed by atoms with Crippen LogP contribution in [0.15, 0.2) is 41.2 Å². The summed E-state index contributed by atoms with van der Waals surface area (Å²) in [7, 11) is 0. The van der Waals surface area contributed by atoms with Gasteiger partial charge in [-0.25, -0.2) is 9.37 Å². The van der Waals surface area contributed by atoms with Crippen LogP contribution in [0.4, 0.5) is 10.1 Å². The zero-order valence-corrected chi connectivity index (χ0v) is 21.2. The number of hydrogen-bond donors (Lipinski definition) is 2. The average molecular weight is 501 g/mol. The summed E-state index contributed by atoms with van der Waals surface area (Å²) in [5.41, 5.74) is 4.00. The number of fused-ring (bicyclic) bond motifs is 5. The second-order valence-electron chi connectivity index (χ2n) is 9.35. The van der Waals surface area contributed by atoms with Crippen LogP contribution in [0.5, 0.6) is 5.75 Å². The summed E-state index contributed by atoms with van der Waals surface area (Å²) in [6.07, 6.45) is 0. The van der Waals surface area contributed by atoms with Crippen molar-refractivity contribution in [1.29, 1.82) is 0 Å². The molecule has 0 aliphatic carbocycles. The van der Waals surface area contributed by atoms with E-state index in [0.29, 0.717) is 41.2 Å². The molecule has 5 aromatic rings. The van der Waals surface area contributed by atoms with E-state index < -0.39 is 5.82 Å². The Hall–Kier alpha value is -3.98. The molecule has 1 aliphatic heterocycles. The Labute approximate surface area is 213 Å². The topological polar surface area (TPSA) is 88.1 Å². The number of H-pyrrole nitrogens is 1. The van der Waals surface area contributed by atoms with Crippen LogP contribution in [0.2, 0.25) is 0 Å². The van der Waals surface area contributed by atoms with Crippen LogP contribution < -0.4 is 20.5 Å². The van der Waals surface area contributed by atoms with Crippen molar-refractivity contribution >= 4 is 38.4 Å². The fraction of sp³-hybridized carbons (Fsp3) is 0.321. The number of anilines is 1. The van der Waals surface area contributed by atoms with Gasteiger partial charge in [0.25, 0.3) is 5.56 Å². The van der Waals surface area contributed by atoms with E-state index in [4.69, 9.17) is 9.72 Å². The Morgan fingerprint density at radius 3 is 2.62 bits per heavy atom. The summed E-state index contributed by atoms with van der Waals surface area (Å²) in [4.78, 5) is 21.3. The average Bonchev–Trinajstić information content (AvgIpc) is 3.28. The molecule has 0 unspecified atom stereocenters. The molecule has 0 radical (unpaired) electrons. The molecule has 0 amide bonds. The fourth-order valence-corrected chi connectivity index (χ4v) is 5.47. The molecule has 0 bridgehead atoms. The predicted octanol–water partition coefficient (Wildman–Crippen LogP) is 4.37. The summed E-state index contributed by atoms with van der Waals surface area (Å²) in [5, 5.41) is 13.8. The maximum Gasteiger partial charge on any atom is 0.261 e. The lowest BCUT2D eigenvalue weighted by Gasteiger charge is -2.30. The number of ether oxygens (including phenoxy) is 1. The zero-order chi connectivity index (χ0) is 25.7. The van der Waals surface area contributed by atoms with Crippen molar-refractivity contribution < 1.29 is 9.13 Å². The highest BCUT2D eigenvalue weighted by molar-refractivity contribution is 6.21. The van der Waals surface area contributed by atoms with Crippen molar-refractivity contribution in [2.75, 3.05) is 37.7 Å². The summed E-state index contributed by atoms with van der Waals surface area (Å²) >= 11 is 0. The summed E-state index contributed by atoms with van der Waals surface area (Å²) in [6, 6.07) is 10.8. The number of aromatic amines is 1. The maximum atomic E-state index is 14.7. The van der Waals surface area contributed by atoms with Gasteiger partial charge in [0, 0.05) is 66.5 Å². The molecular weight excluding hydrogens is 471 g/mol. The lowest BCUT2D eigenvalue weighted by atomic mass is 9.98. The first-order valence-corrected chi connectivity index (χ1v) is 12.7. The third kappa shape index (κ3) is 3.81. The van der Waals surface area contributed by atoms with Crippen LogP contribution in [-0.2, 0) is 6.54 Å². The van der Waals surface area contributed by atoms with Gasteiger partial charge in [0.15, 0.2) is 5.65 Å². The van der Waals surface area contributed by atoms with Gasteiger partial charge in [-0.05, 0) is 45.0 Å². The van der Waals surface area contributed by atoms with Gasteiger partial charge in [-0.15, -0.1) is 0 Å². The minimum Gasteiger partial charge on any atom is -0.494 e. The van der Waals surface area contributed by atoms with Crippen molar-refractivity contribution in [3.63, 3.8) is 0 Å². The van der Waals surface area contributed by atoms with E-state index in [1.54, 1.807) is 10.6 Å². The summed E-state index contributed by atoms with van der Waals surface area (Å²) in [5.74, 6) is -0.0606. The molecule has 0 spiro atoms. The van der Waals surface area contributed by atoms with Gasteiger partial charge in [0.2, 0.25) is 0 Å². The van der Waals surface area contributed by atoms with Gasteiger partial charge < -0.3 is 19.5 Å². The Bertz CT molecular complexity index is 1720. The molecule has 6 rings (SSSR count). The number of nitrogens with one attached hydrogen (secondary N) is 2. The summed E-state index contributed by atoms with van der Waals surface area (Å²) in [6.45, 7) is 10.3. The van der Waals surface area contributed by atoms with Crippen molar-refractivity contribution in [2.24, 2.45) is 0 Å². The van der Waals surface area contributed by atoms with E-state index in [-0.39, 0.29) is 5.56 Å².